The third-order valence-corrected chi connectivity index (χ3v) is 4.67. The highest BCUT2D eigenvalue weighted by atomic mass is 35.5. The van der Waals surface area contributed by atoms with E-state index in [4.69, 9.17) is 16.3 Å². The van der Waals surface area contributed by atoms with E-state index in [9.17, 15) is 4.79 Å². The summed E-state index contributed by atoms with van der Waals surface area (Å²) >= 11 is 5.90. The number of aryl methyl sites for hydroxylation is 1. The average Bonchev–Trinajstić information content (AvgIpc) is 3.20. The summed E-state index contributed by atoms with van der Waals surface area (Å²) in [7, 11) is 0. The smallest absolute Gasteiger partial charge is 0.257 e. The standard InChI is InChI=1S/C21H24ClN3O2/c1-2-15-5-3-6-18(13-15)24-21(23-14-19-7-4-12-27-19)25-20(26)16-8-10-17(22)11-9-16/h3,5-6,8-11,13,19H,2,4,7,12,14H2,1H3,(H2,23,24,25,26)/t19-/m1/s1. The van der Waals surface area contributed by atoms with Crippen LogP contribution in [0.5, 0.6) is 0 Å². The van der Waals surface area contributed by atoms with E-state index < -0.39 is 0 Å². The van der Waals surface area contributed by atoms with Crippen molar-refractivity contribution in [1.82, 2.24) is 5.32 Å². The molecule has 1 amide bonds. The third kappa shape index (κ3) is 5.81. The second-order valence-electron chi connectivity index (χ2n) is 6.46. The van der Waals surface area contributed by atoms with E-state index in [1.807, 2.05) is 12.1 Å². The Morgan fingerprint density at radius 2 is 2.07 bits per heavy atom. The summed E-state index contributed by atoms with van der Waals surface area (Å²) in [6.07, 6.45) is 3.09. The van der Waals surface area contributed by atoms with Crippen LogP contribution in [0.3, 0.4) is 0 Å². The number of carbonyl (C=O) groups excluding carboxylic acids is 1. The minimum atomic E-state index is -0.239. The maximum Gasteiger partial charge on any atom is 0.257 e. The summed E-state index contributed by atoms with van der Waals surface area (Å²) in [6.45, 7) is 3.39. The van der Waals surface area contributed by atoms with Crippen LogP contribution in [0.25, 0.3) is 0 Å². The topological polar surface area (TPSA) is 62.7 Å². The Kier molecular flexibility index (Phi) is 6.85. The second-order valence-corrected chi connectivity index (χ2v) is 6.90. The number of guanidine groups is 1. The number of anilines is 1. The number of ether oxygens (including phenoxy) is 1. The molecule has 3 rings (SSSR count). The quantitative estimate of drug-likeness (QED) is 0.596. The molecule has 5 nitrogen and oxygen atoms in total. The van der Waals surface area contributed by atoms with E-state index in [-0.39, 0.29) is 12.0 Å². The van der Waals surface area contributed by atoms with Gasteiger partial charge >= 0.3 is 0 Å². The molecule has 0 aromatic heterocycles. The normalized spacial score (nSPS) is 17.0. The summed E-state index contributed by atoms with van der Waals surface area (Å²) in [4.78, 5) is 17.1. The van der Waals surface area contributed by atoms with E-state index in [1.54, 1.807) is 24.3 Å². The highest BCUT2D eigenvalue weighted by Gasteiger charge is 2.16. The van der Waals surface area contributed by atoms with E-state index in [2.05, 4.69) is 34.7 Å². The van der Waals surface area contributed by atoms with Gasteiger partial charge in [-0.05, 0) is 61.2 Å². The molecule has 1 heterocycles. The fourth-order valence-electron chi connectivity index (χ4n) is 2.88. The van der Waals surface area contributed by atoms with Crippen molar-refractivity contribution in [2.45, 2.75) is 32.3 Å². The van der Waals surface area contributed by atoms with Crippen molar-refractivity contribution in [3.05, 3.63) is 64.7 Å². The van der Waals surface area contributed by atoms with Gasteiger partial charge in [-0.1, -0.05) is 30.7 Å². The lowest BCUT2D eigenvalue weighted by molar-refractivity contribution is 0.0975. The number of hydrogen-bond acceptors (Lipinski definition) is 3. The minimum absolute atomic E-state index is 0.108. The largest absolute Gasteiger partial charge is 0.376 e. The predicted octanol–water partition coefficient (Wildman–Crippen LogP) is 4.28. The molecule has 1 saturated heterocycles. The lowest BCUT2D eigenvalue weighted by atomic mass is 10.1. The van der Waals surface area contributed by atoms with Crippen molar-refractivity contribution in [3.8, 4) is 0 Å². The lowest BCUT2D eigenvalue weighted by Crippen LogP contribution is -2.36. The van der Waals surface area contributed by atoms with Crippen molar-refractivity contribution in [3.63, 3.8) is 0 Å². The van der Waals surface area contributed by atoms with Crippen molar-refractivity contribution in [1.29, 1.82) is 0 Å². The van der Waals surface area contributed by atoms with Gasteiger partial charge in [0.05, 0.1) is 12.6 Å². The van der Waals surface area contributed by atoms with Crippen LogP contribution >= 0.6 is 11.6 Å². The van der Waals surface area contributed by atoms with Crippen LogP contribution < -0.4 is 10.6 Å². The number of rotatable bonds is 5. The highest BCUT2D eigenvalue weighted by molar-refractivity contribution is 6.30. The Bertz CT molecular complexity index is 799. The van der Waals surface area contributed by atoms with Crippen LogP contribution in [-0.2, 0) is 11.2 Å². The van der Waals surface area contributed by atoms with E-state index >= 15 is 0 Å². The third-order valence-electron chi connectivity index (χ3n) is 4.41. The van der Waals surface area contributed by atoms with Crippen LogP contribution in [0, 0.1) is 0 Å². The molecule has 0 bridgehead atoms. The SMILES string of the molecule is CCc1cccc(NC(=NC[C@H]2CCCO2)NC(=O)c2ccc(Cl)cc2)c1. The van der Waals surface area contributed by atoms with Gasteiger partial charge in [0.15, 0.2) is 0 Å². The Hall–Kier alpha value is -2.37. The molecular formula is C21H24ClN3O2. The zero-order valence-electron chi connectivity index (χ0n) is 15.4. The fourth-order valence-corrected chi connectivity index (χ4v) is 3.00. The molecule has 6 heteroatoms. The van der Waals surface area contributed by atoms with Crippen LogP contribution in [0.4, 0.5) is 5.69 Å². The summed E-state index contributed by atoms with van der Waals surface area (Å²) in [5.41, 5.74) is 2.62. The average molecular weight is 386 g/mol. The van der Waals surface area contributed by atoms with Crippen molar-refractivity contribution in [2.24, 2.45) is 4.99 Å². The van der Waals surface area contributed by atoms with Gasteiger partial charge in [0.25, 0.3) is 5.91 Å². The summed E-state index contributed by atoms with van der Waals surface area (Å²) < 4.78 is 5.63. The van der Waals surface area contributed by atoms with Crippen molar-refractivity contribution < 1.29 is 9.53 Å². The van der Waals surface area contributed by atoms with Crippen molar-refractivity contribution >= 4 is 29.2 Å². The summed E-state index contributed by atoms with van der Waals surface area (Å²) in [5, 5.41) is 6.68. The molecule has 2 aromatic carbocycles. The summed E-state index contributed by atoms with van der Waals surface area (Å²) in [6, 6.07) is 14.8. The van der Waals surface area contributed by atoms with E-state index in [0.29, 0.717) is 23.1 Å². The van der Waals surface area contributed by atoms with Gasteiger partial charge in [0.2, 0.25) is 5.96 Å². The number of benzene rings is 2. The molecule has 1 fully saturated rings. The number of nitrogens with one attached hydrogen (secondary N) is 2. The van der Waals surface area contributed by atoms with Gasteiger partial charge in [0.1, 0.15) is 0 Å². The Morgan fingerprint density at radius 3 is 2.78 bits per heavy atom. The molecule has 1 aliphatic rings. The van der Waals surface area contributed by atoms with Crippen LogP contribution in [0.15, 0.2) is 53.5 Å². The fraction of sp³-hybridized carbons (Fsp3) is 0.333. The van der Waals surface area contributed by atoms with Gasteiger partial charge in [-0.15, -0.1) is 0 Å². The first-order valence-electron chi connectivity index (χ1n) is 9.23. The molecule has 142 valence electrons. The molecule has 0 radical (unpaired) electrons. The number of hydrogen-bond donors (Lipinski definition) is 2. The first kappa shape index (κ1) is 19.4. The van der Waals surface area contributed by atoms with Crippen LogP contribution in [0.2, 0.25) is 5.02 Å². The Balaban J connectivity index is 1.74. The molecule has 0 unspecified atom stereocenters. The predicted molar refractivity (Wildman–Crippen MR) is 110 cm³/mol. The van der Waals surface area contributed by atoms with Gasteiger partial charge < -0.3 is 10.1 Å². The van der Waals surface area contributed by atoms with Crippen LogP contribution in [0.1, 0.15) is 35.7 Å². The van der Waals surface area contributed by atoms with Gasteiger partial charge in [-0.3, -0.25) is 10.1 Å². The molecule has 2 aromatic rings. The molecule has 2 N–H and O–H groups in total. The Labute approximate surface area is 164 Å². The molecule has 27 heavy (non-hydrogen) atoms. The molecule has 0 aliphatic carbocycles. The molecule has 0 saturated carbocycles. The van der Waals surface area contributed by atoms with E-state index in [1.165, 1.54) is 5.56 Å². The Morgan fingerprint density at radius 1 is 1.26 bits per heavy atom. The lowest BCUT2D eigenvalue weighted by Gasteiger charge is -2.14. The molecule has 0 spiro atoms. The van der Waals surface area contributed by atoms with E-state index in [0.717, 1.165) is 31.6 Å². The monoisotopic (exact) mass is 385 g/mol. The van der Waals surface area contributed by atoms with Crippen molar-refractivity contribution in [2.75, 3.05) is 18.5 Å². The zero-order valence-corrected chi connectivity index (χ0v) is 16.1. The number of nitrogens with zero attached hydrogens (tertiary/aromatic N) is 1. The molecule has 1 aliphatic heterocycles. The van der Waals surface area contributed by atoms with Gasteiger partial charge in [-0.2, -0.15) is 0 Å². The molecular weight excluding hydrogens is 362 g/mol. The second kappa shape index (κ2) is 9.53. The number of carbonyl (C=O) groups is 1. The first-order valence-corrected chi connectivity index (χ1v) is 9.61. The highest BCUT2D eigenvalue weighted by Crippen LogP contribution is 2.14. The molecule has 1 atom stereocenters. The minimum Gasteiger partial charge on any atom is -0.376 e. The van der Waals surface area contributed by atoms with Gasteiger partial charge in [-0.25, -0.2) is 4.99 Å². The number of halogens is 1. The maximum atomic E-state index is 12.6. The number of amides is 1. The first-order chi connectivity index (χ1) is 13.1. The van der Waals surface area contributed by atoms with Crippen LogP contribution in [-0.4, -0.2) is 31.1 Å². The number of aliphatic imine (C=N–C) groups is 1. The summed E-state index contributed by atoms with van der Waals surface area (Å²) in [5.74, 6) is 0.176. The zero-order chi connectivity index (χ0) is 19.1. The maximum absolute atomic E-state index is 12.6. The van der Waals surface area contributed by atoms with Gasteiger partial charge in [0, 0.05) is 22.9 Å².